The first-order valence-corrected chi connectivity index (χ1v) is 6.05. The van der Waals surface area contributed by atoms with E-state index in [0.29, 0.717) is 6.07 Å². The fraction of sp³-hybridized carbons (Fsp3) is 0.133. The lowest BCUT2D eigenvalue weighted by Crippen LogP contribution is -2.16. The van der Waals surface area contributed by atoms with Gasteiger partial charge in [0, 0.05) is 6.07 Å². The summed E-state index contributed by atoms with van der Waals surface area (Å²) in [5.41, 5.74) is 6.86. The van der Waals surface area contributed by atoms with Crippen molar-refractivity contribution in [1.82, 2.24) is 0 Å². The van der Waals surface area contributed by atoms with Gasteiger partial charge in [-0.05, 0) is 18.6 Å². The van der Waals surface area contributed by atoms with Gasteiger partial charge in [0.1, 0.15) is 11.6 Å². The van der Waals surface area contributed by atoms with Crippen LogP contribution in [-0.4, -0.2) is 5.91 Å². The van der Waals surface area contributed by atoms with Gasteiger partial charge in [-0.25, -0.2) is 8.78 Å². The van der Waals surface area contributed by atoms with Crippen molar-refractivity contribution >= 4 is 17.3 Å². The van der Waals surface area contributed by atoms with E-state index < -0.39 is 11.6 Å². The summed E-state index contributed by atoms with van der Waals surface area (Å²) in [7, 11) is 0. The molecular weight excluding hydrogens is 262 g/mol. The van der Waals surface area contributed by atoms with E-state index in [-0.39, 0.29) is 23.7 Å². The van der Waals surface area contributed by atoms with E-state index >= 15 is 0 Å². The molecule has 0 atom stereocenters. The lowest BCUT2D eigenvalue weighted by molar-refractivity contribution is -0.115. The first-order valence-electron chi connectivity index (χ1n) is 6.05. The van der Waals surface area contributed by atoms with Crippen LogP contribution in [0.5, 0.6) is 0 Å². The Morgan fingerprint density at radius 2 is 1.95 bits per heavy atom. The highest BCUT2D eigenvalue weighted by atomic mass is 19.1. The molecule has 104 valence electrons. The van der Waals surface area contributed by atoms with E-state index in [1.165, 1.54) is 0 Å². The van der Waals surface area contributed by atoms with Crippen molar-refractivity contribution in [3.05, 3.63) is 59.2 Å². The number of benzene rings is 2. The van der Waals surface area contributed by atoms with Crippen LogP contribution in [0.2, 0.25) is 0 Å². The third kappa shape index (κ3) is 3.32. The Labute approximate surface area is 115 Å². The molecule has 2 aromatic carbocycles. The summed E-state index contributed by atoms with van der Waals surface area (Å²) in [5, 5.41) is 2.39. The van der Waals surface area contributed by atoms with Gasteiger partial charge in [0.25, 0.3) is 0 Å². The second-order valence-corrected chi connectivity index (χ2v) is 4.57. The van der Waals surface area contributed by atoms with Crippen LogP contribution in [0.25, 0.3) is 0 Å². The smallest absolute Gasteiger partial charge is 0.228 e. The molecule has 0 heterocycles. The number of hydrogen-bond acceptors (Lipinski definition) is 2. The van der Waals surface area contributed by atoms with Gasteiger partial charge in [0.2, 0.25) is 5.91 Å². The van der Waals surface area contributed by atoms with Crippen LogP contribution >= 0.6 is 0 Å². The van der Waals surface area contributed by atoms with Gasteiger partial charge < -0.3 is 11.1 Å². The number of nitrogens with one attached hydrogen (secondary N) is 1. The number of nitrogen functional groups attached to an aromatic ring is 1. The Morgan fingerprint density at radius 1 is 1.20 bits per heavy atom. The van der Waals surface area contributed by atoms with Crippen LogP contribution in [0.1, 0.15) is 11.1 Å². The minimum Gasteiger partial charge on any atom is -0.396 e. The fourth-order valence-corrected chi connectivity index (χ4v) is 1.86. The van der Waals surface area contributed by atoms with Crippen molar-refractivity contribution in [3.63, 3.8) is 0 Å². The predicted molar refractivity (Wildman–Crippen MR) is 74.3 cm³/mol. The quantitative estimate of drug-likeness (QED) is 0.847. The first-order chi connectivity index (χ1) is 9.45. The highest BCUT2D eigenvalue weighted by molar-refractivity contribution is 5.92. The topological polar surface area (TPSA) is 55.1 Å². The molecule has 0 aliphatic rings. The zero-order valence-electron chi connectivity index (χ0n) is 10.9. The molecule has 3 N–H and O–H groups in total. The molecule has 5 heteroatoms. The minimum atomic E-state index is -0.853. The summed E-state index contributed by atoms with van der Waals surface area (Å²) in [4.78, 5) is 11.8. The Bertz CT molecular complexity index is 656. The molecule has 0 radical (unpaired) electrons. The molecule has 0 aromatic heterocycles. The number of hydrogen-bond donors (Lipinski definition) is 2. The Balaban J connectivity index is 2.10. The monoisotopic (exact) mass is 276 g/mol. The molecule has 0 saturated heterocycles. The first kappa shape index (κ1) is 14.0. The number of carbonyl (C=O) groups excluding carboxylic acids is 1. The fourth-order valence-electron chi connectivity index (χ4n) is 1.86. The van der Waals surface area contributed by atoms with Gasteiger partial charge in [0.15, 0.2) is 0 Å². The zero-order valence-corrected chi connectivity index (χ0v) is 10.9. The van der Waals surface area contributed by atoms with Crippen molar-refractivity contribution in [2.75, 3.05) is 11.1 Å². The van der Waals surface area contributed by atoms with Gasteiger partial charge in [0.05, 0.1) is 17.8 Å². The number of halogens is 2. The largest absolute Gasteiger partial charge is 0.396 e. The molecule has 20 heavy (non-hydrogen) atoms. The Kier molecular flexibility index (Phi) is 3.98. The SMILES string of the molecule is Cc1cccc(CC(=O)Nc2cc(N)c(F)cc2F)c1. The molecule has 0 aliphatic carbocycles. The summed E-state index contributed by atoms with van der Waals surface area (Å²) < 4.78 is 26.5. The number of aryl methyl sites for hydroxylation is 1. The maximum Gasteiger partial charge on any atom is 0.228 e. The van der Waals surface area contributed by atoms with Gasteiger partial charge >= 0.3 is 0 Å². The van der Waals surface area contributed by atoms with Crippen molar-refractivity contribution in [1.29, 1.82) is 0 Å². The predicted octanol–water partition coefficient (Wildman–Crippen LogP) is 3.04. The van der Waals surface area contributed by atoms with E-state index in [9.17, 15) is 13.6 Å². The van der Waals surface area contributed by atoms with Crippen LogP contribution in [0.3, 0.4) is 0 Å². The summed E-state index contributed by atoms with van der Waals surface area (Å²) in [6, 6.07) is 9.16. The van der Waals surface area contributed by atoms with Gasteiger partial charge in [-0.2, -0.15) is 0 Å². The molecule has 0 spiro atoms. The second-order valence-electron chi connectivity index (χ2n) is 4.57. The van der Waals surface area contributed by atoms with E-state index in [4.69, 9.17) is 5.73 Å². The molecule has 2 rings (SSSR count). The number of rotatable bonds is 3. The average Bonchev–Trinajstić information content (AvgIpc) is 2.36. The Morgan fingerprint density at radius 3 is 2.65 bits per heavy atom. The summed E-state index contributed by atoms with van der Waals surface area (Å²) >= 11 is 0. The van der Waals surface area contributed by atoms with Crippen molar-refractivity contribution in [2.45, 2.75) is 13.3 Å². The lowest BCUT2D eigenvalue weighted by Gasteiger charge is -2.08. The highest BCUT2D eigenvalue weighted by Crippen LogP contribution is 2.21. The highest BCUT2D eigenvalue weighted by Gasteiger charge is 2.11. The van der Waals surface area contributed by atoms with E-state index in [1.807, 2.05) is 31.2 Å². The average molecular weight is 276 g/mol. The van der Waals surface area contributed by atoms with E-state index in [0.717, 1.165) is 17.2 Å². The number of amides is 1. The molecule has 0 saturated carbocycles. The molecule has 0 fully saturated rings. The molecule has 3 nitrogen and oxygen atoms in total. The standard InChI is InChI=1S/C15H14F2N2O/c1-9-3-2-4-10(5-9)6-15(20)19-14-8-13(18)11(16)7-12(14)17/h2-5,7-8H,6,18H2,1H3,(H,19,20). The molecule has 1 amide bonds. The third-order valence-corrected chi connectivity index (χ3v) is 2.81. The normalized spacial score (nSPS) is 10.3. The van der Waals surface area contributed by atoms with Crippen LogP contribution in [0.15, 0.2) is 36.4 Å². The van der Waals surface area contributed by atoms with Gasteiger partial charge in [-0.1, -0.05) is 29.8 Å². The molecule has 0 unspecified atom stereocenters. The maximum absolute atomic E-state index is 13.5. The molecule has 2 aromatic rings. The number of nitrogens with two attached hydrogens (primary N) is 1. The second kappa shape index (κ2) is 5.69. The Hall–Kier alpha value is -2.43. The number of carbonyl (C=O) groups is 1. The van der Waals surface area contributed by atoms with Gasteiger partial charge in [-0.15, -0.1) is 0 Å². The van der Waals surface area contributed by atoms with Crippen LogP contribution in [-0.2, 0) is 11.2 Å². The van der Waals surface area contributed by atoms with E-state index in [1.54, 1.807) is 0 Å². The van der Waals surface area contributed by atoms with Crippen molar-refractivity contribution in [2.24, 2.45) is 0 Å². The molecule has 0 bridgehead atoms. The zero-order chi connectivity index (χ0) is 14.7. The van der Waals surface area contributed by atoms with Gasteiger partial charge in [-0.3, -0.25) is 4.79 Å². The summed E-state index contributed by atoms with van der Waals surface area (Å²) in [5.74, 6) is -2.09. The van der Waals surface area contributed by atoms with Crippen molar-refractivity contribution < 1.29 is 13.6 Å². The van der Waals surface area contributed by atoms with Crippen LogP contribution in [0, 0.1) is 18.6 Å². The summed E-state index contributed by atoms with van der Waals surface area (Å²) in [6.07, 6.45) is 0.110. The maximum atomic E-state index is 13.5. The van der Waals surface area contributed by atoms with Crippen molar-refractivity contribution in [3.8, 4) is 0 Å². The van der Waals surface area contributed by atoms with Crippen LogP contribution < -0.4 is 11.1 Å². The summed E-state index contributed by atoms with van der Waals surface area (Å²) in [6.45, 7) is 1.92. The lowest BCUT2D eigenvalue weighted by atomic mass is 10.1. The van der Waals surface area contributed by atoms with Crippen LogP contribution in [0.4, 0.5) is 20.2 Å². The van der Waals surface area contributed by atoms with E-state index in [2.05, 4.69) is 5.32 Å². The molecule has 0 aliphatic heterocycles. The number of anilines is 2. The molecular formula is C15H14F2N2O. The minimum absolute atomic E-state index is 0.110. The third-order valence-electron chi connectivity index (χ3n) is 2.81.